The van der Waals surface area contributed by atoms with Crippen molar-refractivity contribution in [1.82, 2.24) is 0 Å². The molecule has 2 nitrogen and oxygen atoms in total. The van der Waals surface area contributed by atoms with E-state index >= 15 is 0 Å². The van der Waals surface area contributed by atoms with Gasteiger partial charge in [-0.25, -0.2) is 0 Å². The van der Waals surface area contributed by atoms with Crippen molar-refractivity contribution in [3.05, 3.63) is 12.2 Å². The summed E-state index contributed by atoms with van der Waals surface area (Å²) >= 11 is 0. The van der Waals surface area contributed by atoms with Crippen LogP contribution in [0.3, 0.4) is 0 Å². The first kappa shape index (κ1) is 8.75. The summed E-state index contributed by atoms with van der Waals surface area (Å²) in [6.07, 6.45) is 3.30. The molecule has 1 fully saturated rings. The van der Waals surface area contributed by atoms with E-state index in [-0.39, 0.29) is 6.29 Å². The van der Waals surface area contributed by atoms with Gasteiger partial charge in [-0.15, -0.1) is 0 Å². The molecular weight excluding hydrogens is 140 g/mol. The number of unbranched alkanes of at least 4 members (excludes halogenated alkanes) is 1. The summed E-state index contributed by atoms with van der Waals surface area (Å²) in [5.74, 6) is 0. The molecule has 0 aliphatic carbocycles. The van der Waals surface area contributed by atoms with E-state index in [9.17, 15) is 0 Å². The van der Waals surface area contributed by atoms with Gasteiger partial charge < -0.3 is 9.47 Å². The van der Waals surface area contributed by atoms with Crippen LogP contribution < -0.4 is 0 Å². The number of ether oxygens (including phenoxy) is 2. The maximum absolute atomic E-state index is 5.29. The molecule has 0 aromatic heterocycles. The van der Waals surface area contributed by atoms with Gasteiger partial charge >= 0.3 is 0 Å². The lowest BCUT2D eigenvalue weighted by Crippen LogP contribution is -2.10. The van der Waals surface area contributed by atoms with Gasteiger partial charge in [0.2, 0.25) is 0 Å². The van der Waals surface area contributed by atoms with Crippen molar-refractivity contribution in [1.29, 1.82) is 0 Å². The molecule has 0 radical (unpaired) electrons. The van der Waals surface area contributed by atoms with Crippen LogP contribution in [0.25, 0.3) is 0 Å². The van der Waals surface area contributed by atoms with Crippen molar-refractivity contribution < 1.29 is 9.47 Å². The fraction of sp³-hybridized carbons (Fsp3) is 0.778. The highest BCUT2D eigenvalue weighted by atomic mass is 16.7. The average Bonchev–Trinajstić information content (AvgIpc) is 2.52. The van der Waals surface area contributed by atoms with Gasteiger partial charge in [-0.2, -0.15) is 0 Å². The molecule has 0 amide bonds. The molecule has 0 aromatic carbocycles. The lowest BCUT2D eigenvalue weighted by Gasteiger charge is -2.11. The first-order chi connectivity index (χ1) is 5.34. The largest absolute Gasteiger partial charge is 0.346 e. The van der Waals surface area contributed by atoms with Gasteiger partial charge in [-0.1, -0.05) is 19.9 Å². The minimum atomic E-state index is -0.110. The van der Waals surface area contributed by atoms with E-state index in [2.05, 4.69) is 13.5 Å². The highest BCUT2D eigenvalue weighted by molar-refractivity contribution is 4.99. The topological polar surface area (TPSA) is 18.5 Å². The summed E-state index contributed by atoms with van der Waals surface area (Å²) in [6.45, 7) is 7.53. The van der Waals surface area contributed by atoms with Crippen molar-refractivity contribution in [3.63, 3.8) is 0 Å². The van der Waals surface area contributed by atoms with Crippen LogP contribution in [-0.4, -0.2) is 19.5 Å². The summed E-state index contributed by atoms with van der Waals surface area (Å²) in [5.41, 5.74) is 1.09. The molecule has 11 heavy (non-hydrogen) atoms. The Morgan fingerprint density at radius 2 is 2.09 bits per heavy atom. The van der Waals surface area contributed by atoms with Crippen LogP contribution in [0, 0.1) is 0 Å². The smallest absolute Gasteiger partial charge is 0.179 e. The van der Waals surface area contributed by atoms with Gasteiger partial charge in [0.05, 0.1) is 13.2 Å². The predicted octanol–water partition coefficient (Wildman–Crippen LogP) is 2.11. The van der Waals surface area contributed by atoms with Crippen LogP contribution in [0.15, 0.2) is 12.2 Å². The summed E-state index contributed by atoms with van der Waals surface area (Å²) in [4.78, 5) is 0. The zero-order valence-corrected chi connectivity index (χ0v) is 7.14. The molecule has 1 rings (SSSR count). The van der Waals surface area contributed by atoms with Crippen LogP contribution in [0.1, 0.15) is 26.2 Å². The summed E-state index contributed by atoms with van der Waals surface area (Å²) in [5, 5.41) is 0. The third-order valence-electron chi connectivity index (χ3n) is 1.81. The van der Waals surface area contributed by atoms with Crippen LogP contribution >= 0.6 is 0 Å². The Hall–Kier alpha value is -0.340. The SMILES string of the molecule is C=C(CCCC)C1OCCO1. The minimum Gasteiger partial charge on any atom is -0.346 e. The summed E-state index contributed by atoms with van der Waals surface area (Å²) < 4.78 is 10.6. The molecule has 64 valence electrons. The van der Waals surface area contributed by atoms with Crippen molar-refractivity contribution in [2.75, 3.05) is 13.2 Å². The molecule has 1 saturated heterocycles. The molecule has 0 atom stereocenters. The Labute approximate surface area is 68.2 Å². The third-order valence-corrected chi connectivity index (χ3v) is 1.81. The van der Waals surface area contributed by atoms with E-state index in [1.807, 2.05) is 0 Å². The second kappa shape index (κ2) is 4.52. The highest BCUT2D eigenvalue weighted by Gasteiger charge is 2.18. The van der Waals surface area contributed by atoms with Gasteiger partial charge in [0.1, 0.15) is 0 Å². The zero-order valence-electron chi connectivity index (χ0n) is 7.14. The monoisotopic (exact) mass is 156 g/mol. The highest BCUT2D eigenvalue weighted by Crippen LogP contribution is 2.17. The maximum Gasteiger partial charge on any atom is 0.179 e. The average molecular weight is 156 g/mol. The lowest BCUT2D eigenvalue weighted by atomic mass is 10.1. The second-order valence-electron chi connectivity index (χ2n) is 2.84. The van der Waals surface area contributed by atoms with Crippen LogP contribution in [0.2, 0.25) is 0 Å². The van der Waals surface area contributed by atoms with Gasteiger partial charge in [0.15, 0.2) is 6.29 Å². The zero-order chi connectivity index (χ0) is 8.10. The number of hydrogen-bond acceptors (Lipinski definition) is 2. The molecule has 0 aromatic rings. The summed E-state index contributed by atoms with van der Waals surface area (Å²) in [6, 6.07) is 0. The first-order valence-corrected chi connectivity index (χ1v) is 4.25. The molecule has 2 heteroatoms. The van der Waals surface area contributed by atoms with Crippen molar-refractivity contribution in [2.24, 2.45) is 0 Å². The van der Waals surface area contributed by atoms with Gasteiger partial charge in [0.25, 0.3) is 0 Å². The number of rotatable bonds is 4. The lowest BCUT2D eigenvalue weighted by molar-refractivity contribution is -0.0132. The van der Waals surface area contributed by atoms with Crippen LogP contribution in [-0.2, 0) is 9.47 Å². The van der Waals surface area contributed by atoms with E-state index < -0.39 is 0 Å². The van der Waals surface area contributed by atoms with Gasteiger partial charge in [-0.3, -0.25) is 0 Å². The molecule has 0 bridgehead atoms. The van der Waals surface area contributed by atoms with E-state index in [1.54, 1.807) is 0 Å². The standard InChI is InChI=1S/C9H16O2/c1-3-4-5-8(2)9-10-6-7-11-9/h9H,2-7H2,1H3. The fourth-order valence-electron chi connectivity index (χ4n) is 1.12. The Bertz CT molecular complexity index is 126. The van der Waals surface area contributed by atoms with E-state index in [1.165, 1.54) is 12.8 Å². The van der Waals surface area contributed by atoms with Gasteiger partial charge in [0, 0.05) is 0 Å². The molecule has 1 aliphatic heterocycles. The summed E-state index contributed by atoms with van der Waals surface area (Å²) in [7, 11) is 0. The molecule has 1 aliphatic rings. The predicted molar refractivity (Wildman–Crippen MR) is 44.4 cm³/mol. The van der Waals surface area contributed by atoms with Crippen molar-refractivity contribution in [2.45, 2.75) is 32.5 Å². The van der Waals surface area contributed by atoms with Gasteiger partial charge in [-0.05, 0) is 18.4 Å². The second-order valence-corrected chi connectivity index (χ2v) is 2.84. The van der Waals surface area contributed by atoms with Crippen LogP contribution in [0.4, 0.5) is 0 Å². The molecule has 0 unspecified atom stereocenters. The third kappa shape index (κ3) is 2.64. The Balaban J connectivity index is 2.17. The van der Waals surface area contributed by atoms with E-state index in [4.69, 9.17) is 9.47 Å². The molecular formula is C9H16O2. The Morgan fingerprint density at radius 1 is 1.45 bits per heavy atom. The van der Waals surface area contributed by atoms with Crippen molar-refractivity contribution in [3.8, 4) is 0 Å². The van der Waals surface area contributed by atoms with Crippen molar-refractivity contribution >= 4 is 0 Å². The molecule has 0 spiro atoms. The Kier molecular flexibility index (Phi) is 3.60. The van der Waals surface area contributed by atoms with E-state index in [0.29, 0.717) is 0 Å². The molecule has 0 saturated carbocycles. The molecule has 0 N–H and O–H groups in total. The van der Waals surface area contributed by atoms with E-state index in [0.717, 1.165) is 25.2 Å². The normalized spacial score (nSPS) is 19.0. The van der Waals surface area contributed by atoms with Crippen LogP contribution in [0.5, 0.6) is 0 Å². The number of hydrogen-bond donors (Lipinski definition) is 0. The fourth-order valence-corrected chi connectivity index (χ4v) is 1.12. The molecule has 1 heterocycles. The maximum atomic E-state index is 5.29. The first-order valence-electron chi connectivity index (χ1n) is 4.25. The minimum absolute atomic E-state index is 0.110. The quantitative estimate of drug-likeness (QED) is 0.580. The Morgan fingerprint density at radius 3 is 2.64 bits per heavy atom.